The van der Waals surface area contributed by atoms with E-state index in [0.717, 1.165) is 58.7 Å². The lowest BCUT2D eigenvalue weighted by Crippen LogP contribution is -2.24. The second-order valence-electron chi connectivity index (χ2n) is 10.0. The van der Waals surface area contributed by atoms with Crippen LogP contribution in [-0.2, 0) is 20.8 Å². The van der Waals surface area contributed by atoms with Crippen LogP contribution in [0.15, 0.2) is 72.3 Å². The number of nitrogens with zero attached hydrogens (tertiary/aromatic N) is 1. The molecular weight excluding hydrogens is 502 g/mol. The maximum Gasteiger partial charge on any atom is 0.333 e. The molecule has 3 aromatic rings. The summed E-state index contributed by atoms with van der Waals surface area (Å²) in [5.41, 5.74) is 6.04. The molecule has 0 saturated carbocycles. The quantitative estimate of drug-likeness (QED) is 0.125. The number of methoxy groups -OCH3 is 1. The van der Waals surface area contributed by atoms with Gasteiger partial charge in [0.2, 0.25) is 0 Å². The number of carbonyl (C=O) groups is 1. The minimum Gasteiger partial charge on any atom is -0.494 e. The summed E-state index contributed by atoms with van der Waals surface area (Å²) in [6.45, 7) is 8.97. The number of rotatable bonds is 13. The lowest BCUT2D eigenvalue weighted by Gasteiger charge is -2.26. The van der Waals surface area contributed by atoms with Gasteiger partial charge in [-0.1, -0.05) is 50.6 Å². The molecule has 1 unspecified atom stereocenters. The van der Waals surface area contributed by atoms with Crippen molar-refractivity contribution in [1.82, 2.24) is 0 Å². The number of hydrogen-bond acceptors (Lipinski definition) is 6. The van der Waals surface area contributed by atoms with E-state index in [4.69, 9.17) is 18.9 Å². The molecule has 6 heteroatoms. The van der Waals surface area contributed by atoms with Crippen LogP contribution >= 0.6 is 0 Å². The first kappa shape index (κ1) is 29.2. The van der Waals surface area contributed by atoms with Gasteiger partial charge >= 0.3 is 5.97 Å². The van der Waals surface area contributed by atoms with Crippen LogP contribution in [0.4, 0.5) is 5.69 Å². The summed E-state index contributed by atoms with van der Waals surface area (Å²) >= 11 is 0. The summed E-state index contributed by atoms with van der Waals surface area (Å²) in [7, 11) is 1.43. The second kappa shape index (κ2) is 14.6. The van der Waals surface area contributed by atoms with Crippen LogP contribution in [-0.4, -0.2) is 39.1 Å². The fourth-order valence-electron chi connectivity index (χ4n) is 4.75. The second-order valence-corrected chi connectivity index (χ2v) is 10.0. The zero-order valence-electron chi connectivity index (χ0n) is 24.2. The highest BCUT2D eigenvalue weighted by molar-refractivity contribution is 5.96. The van der Waals surface area contributed by atoms with Crippen LogP contribution in [0.1, 0.15) is 57.6 Å². The molecule has 0 fully saturated rings. The molecule has 1 atom stereocenters. The van der Waals surface area contributed by atoms with Gasteiger partial charge in [-0.15, -0.1) is 0 Å². The van der Waals surface area contributed by atoms with E-state index >= 15 is 0 Å². The fourth-order valence-corrected chi connectivity index (χ4v) is 4.75. The van der Waals surface area contributed by atoms with Crippen molar-refractivity contribution >= 4 is 17.7 Å². The van der Waals surface area contributed by atoms with E-state index < -0.39 is 0 Å². The molecule has 3 aromatic carbocycles. The number of ether oxygens (including phenoxy) is 4. The molecule has 0 aromatic heterocycles. The molecule has 0 saturated heterocycles. The van der Waals surface area contributed by atoms with Gasteiger partial charge in [0.25, 0.3) is 0 Å². The molecule has 0 radical (unpaired) electrons. The van der Waals surface area contributed by atoms with Crippen molar-refractivity contribution in [3.8, 4) is 22.6 Å². The van der Waals surface area contributed by atoms with Gasteiger partial charge in [0, 0.05) is 24.4 Å². The van der Waals surface area contributed by atoms with Gasteiger partial charge in [-0.05, 0) is 90.9 Å². The zero-order chi connectivity index (χ0) is 28.3. The lowest BCUT2D eigenvalue weighted by atomic mass is 10.00. The van der Waals surface area contributed by atoms with E-state index in [2.05, 4.69) is 61.2 Å². The minimum absolute atomic E-state index is 0.287. The summed E-state index contributed by atoms with van der Waals surface area (Å²) in [5, 5.41) is 0. The third kappa shape index (κ3) is 7.89. The first-order chi connectivity index (χ1) is 19.5. The third-order valence-corrected chi connectivity index (χ3v) is 6.88. The topological polar surface area (TPSA) is 57.2 Å². The molecule has 4 rings (SSSR count). The molecule has 1 aliphatic heterocycles. The molecule has 40 heavy (non-hydrogen) atoms. The van der Waals surface area contributed by atoms with Crippen molar-refractivity contribution in [2.24, 2.45) is 0 Å². The van der Waals surface area contributed by atoms with Gasteiger partial charge in [-0.2, -0.15) is 0 Å². The standard InChI is InChI=1S/C34H41NO5/c1-5-7-20-38-25(3)40-31-14-11-27(12-15-31)28-13-16-33-30(22-28)23-29(34(36)37-4)17-18-35(33)24-26-9-8-10-32(21-26)39-19-6-2/h8-16,21-23,25H,5-7,17-20,24H2,1-4H3. The average molecular weight is 544 g/mol. The van der Waals surface area contributed by atoms with Crippen LogP contribution < -0.4 is 14.4 Å². The Morgan fingerprint density at radius 1 is 0.925 bits per heavy atom. The van der Waals surface area contributed by atoms with Crippen LogP contribution in [0.5, 0.6) is 11.5 Å². The highest BCUT2D eigenvalue weighted by Gasteiger charge is 2.21. The summed E-state index contributed by atoms with van der Waals surface area (Å²) < 4.78 is 22.6. The van der Waals surface area contributed by atoms with Gasteiger partial charge in [-0.25, -0.2) is 4.79 Å². The van der Waals surface area contributed by atoms with E-state index in [9.17, 15) is 4.79 Å². The van der Waals surface area contributed by atoms with E-state index in [1.165, 1.54) is 7.11 Å². The molecule has 0 N–H and O–H groups in total. The highest BCUT2D eigenvalue weighted by Crippen LogP contribution is 2.34. The maximum absolute atomic E-state index is 12.6. The Balaban J connectivity index is 1.57. The predicted octanol–water partition coefficient (Wildman–Crippen LogP) is 7.65. The van der Waals surface area contributed by atoms with E-state index in [1.54, 1.807) is 0 Å². The fraction of sp³-hybridized carbons (Fsp3) is 0.382. The van der Waals surface area contributed by atoms with Crippen molar-refractivity contribution in [1.29, 1.82) is 0 Å². The third-order valence-electron chi connectivity index (χ3n) is 6.88. The summed E-state index contributed by atoms with van der Waals surface area (Å²) in [4.78, 5) is 14.9. The molecular formula is C34H41NO5. The Labute approximate surface area is 238 Å². The number of carbonyl (C=O) groups excluding carboxylic acids is 1. The number of benzene rings is 3. The van der Waals surface area contributed by atoms with Crippen molar-refractivity contribution < 1.29 is 23.7 Å². The van der Waals surface area contributed by atoms with Crippen LogP contribution in [0.2, 0.25) is 0 Å². The Hall–Kier alpha value is -3.77. The van der Waals surface area contributed by atoms with Gasteiger partial charge in [0.1, 0.15) is 11.5 Å². The van der Waals surface area contributed by atoms with E-state index in [0.29, 0.717) is 38.3 Å². The lowest BCUT2D eigenvalue weighted by molar-refractivity contribution is -0.136. The van der Waals surface area contributed by atoms with Gasteiger partial charge in [0.15, 0.2) is 6.29 Å². The Morgan fingerprint density at radius 2 is 1.73 bits per heavy atom. The number of anilines is 1. The van der Waals surface area contributed by atoms with E-state index in [-0.39, 0.29) is 12.3 Å². The van der Waals surface area contributed by atoms with Crippen LogP contribution in [0.3, 0.4) is 0 Å². The molecule has 6 nitrogen and oxygen atoms in total. The predicted molar refractivity (Wildman–Crippen MR) is 161 cm³/mol. The van der Waals surface area contributed by atoms with Crippen molar-refractivity contribution in [3.63, 3.8) is 0 Å². The molecule has 1 aliphatic rings. The summed E-state index contributed by atoms with van der Waals surface area (Å²) in [6, 6.07) is 22.7. The monoisotopic (exact) mass is 543 g/mol. The average Bonchev–Trinajstić information content (AvgIpc) is 3.15. The highest BCUT2D eigenvalue weighted by atomic mass is 16.7. The molecule has 0 aliphatic carbocycles. The first-order valence-electron chi connectivity index (χ1n) is 14.3. The molecule has 1 heterocycles. The first-order valence-corrected chi connectivity index (χ1v) is 14.3. The maximum atomic E-state index is 12.6. The van der Waals surface area contributed by atoms with Gasteiger partial charge in [0.05, 0.1) is 20.3 Å². The summed E-state index contributed by atoms with van der Waals surface area (Å²) in [6.07, 6.45) is 5.37. The normalized spacial score (nSPS) is 13.6. The molecule has 0 bridgehead atoms. The SMILES string of the molecule is CCCCOC(C)Oc1ccc(-c2ccc3c(c2)C=C(C(=O)OC)CCN3Cc2cccc(OCCC)c2)cc1. The Bertz CT molecular complexity index is 1280. The van der Waals surface area contributed by atoms with Crippen molar-refractivity contribution in [2.45, 2.75) is 59.3 Å². The van der Waals surface area contributed by atoms with Gasteiger partial charge in [-0.3, -0.25) is 0 Å². The van der Waals surface area contributed by atoms with E-state index in [1.807, 2.05) is 37.3 Å². The molecule has 212 valence electrons. The number of hydrogen-bond donors (Lipinski definition) is 0. The number of unbranched alkanes of at least 4 members (excludes halogenated alkanes) is 1. The summed E-state index contributed by atoms with van der Waals surface area (Å²) in [5.74, 6) is 1.36. The van der Waals surface area contributed by atoms with Crippen molar-refractivity contribution in [2.75, 3.05) is 31.8 Å². The van der Waals surface area contributed by atoms with Crippen molar-refractivity contribution in [3.05, 3.63) is 83.4 Å². The smallest absolute Gasteiger partial charge is 0.333 e. The Morgan fingerprint density at radius 3 is 2.48 bits per heavy atom. The zero-order valence-corrected chi connectivity index (χ0v) is 24.2. The van der Waals surface area contributed by atoms with Crippen LogP contribution in [0, 0.1) is 0 Å². The number of fused-ring (bicyclic) bond motifs is 1. The largest absolute Gasteiger partial charge is 0.494 e. The van der Waals surface area contributed by atoms with Crippen LogP contribution in [0.25, 0.3) is 17.2 Å². The minimum atomic E-state index is -0.295. The Kier molecular flexibility index (Phi) is 10.6. The molecule has 0 spiro atoms. The molecule has 0 amide bonds. The van der Waals surface area contributed by atoms with Gasteiger partial charge < -0.3 is 23.8 Å². The number of esters is 1.